The summed E-state index contributed by atoms with van der Waals surface area (Å²) in [5.74, 6) is 0. The van der Waals surface area contributed by atoms with Crippen molar-refractivity contribution in [3.63, 3.8) is 0 Å². The van der Waals surface area contributed by atoms with Gasteiger partial charge in [-0.1, -0.05) is 32.9 Å². The van der Waals surface area contributed by atoms with Gasteiger partial charge in [0.2, 0.25) is 0 Å². The van der Waals surface area contributed by atoms with E-state index in [0.29, 0.717) is 6.04 Å². The van der Waals surface area contributed by atoms with Crippen molar-refractivity contribution in [3.8, 4) is 0 Å². The number of aryl methyl sites for hydroxylation is 2. The van der Waals surface area contributed by atoms with Gasteiger partial charge < -0.3 is 0 Å². The molecule has 0 atom stereocenters. The molecule has 18 heavy (non-hydrogen) atoms. The fraction of sp³-hybridized carbons (Fsp3) is 0.647. The molecule has 1 aromatic carbocycles. The normalized spacial score (nSPS) is 12.6. The number of hydrogen-bond acceptors (Lipinski definition) is 1. The van der Waals surface area contributed by atoms with Crippen molar-refractivity contribution in [2.24, 2.45) is 0 Å². The minimum Gasteiger partial charge on any atom is -0.300 e. The fourth-order valence-corrected chi connectivity index (χ4v) is 2.11. The highest BCUT2D eigenvalue weighted by molar-refractivity contribution is 5.40. The third kappa shape index (κ3) is 3.58. The van der Waals surface area contributed by atoms with Crippen LogP contribution in [-0.2, 0) is 12.0 Å². The lowest BCUT2D eigenvalue weighted by atomic mass is 9.83. The van der Waals surface area contributed by atoms with Crippen molar-refractivity contribution < 1.29 is 0 Å². The summed E-state index contributed by atoms with van der Waals surface area (Å²) in [4.78, 5) is 2.39. The summed E-state index contributed by atoms with van der Waals surface area (Å²) in [7, 11) is 2.20. The second kappa shape index (κ2) is 5.44. The van der Waals surface area contributed by atoms with E-state index in [1.807, 2.05) is 0 Å². The molecule has 0 aliphatic rings. The summed E-state index contributed by atoms with van der Waals surface area (Å²) in [5.41, 5.74) is 6.00. The highest BCUT2D eigenvalue weighted by atomic mass is 15.1. The molecule has 1 nitrogen and oxygen atoms in total. The second-order valence-electron chi connectivity index (χ2n) is 6.85. The monoisotopic (exact) mass is 247 g/mol. The zero-order chi connectivity index (χ0) is 14.1. The first kappa shape index (κ1) is 15.2. The predicted octanol–water partition coefficient (Wildman–Crippen LogP) is 4.44. The summed E-state index contributed by atoms with van der Waals surface area (Å²) < 4.78 is 0. The van der Waals surface area contributed by atoms with Crippen LogP contribution in [0.2, 0.25) is 0 Å². The molecule has 0 aromatic heterocycles. The van der Waals surface area contributed by atoms with Crippen molar-refractivity contribution in [3.05, 3.63) is 34.4 Å². The number of hydrogen-bond donors (Lipinski definition) is 0. The number of benzene rings is 1. The van der Waals surface area contributed by atoms with Crippen LogP contribution in [0.3, 0.4) is 0 Å². The molecule has 102 valence electrons. The van der Waals surface area contributed by atoms with E-state index in [1.165, 1.54) is 22.3 Å². The van der Waals surface area contributed by atoms with Crippen LogP contribution < -0.4 is 0 Å². The zero-order valence-corrected chi connectivity index (χ0v) is 13.4. The van der Waals surface area contributed by atoms with Gasteiger partial charge in [0.05, 0.1) is 0 Å². The first-order chi connectivity index (χ1) is 8.12. The first-order valence-corrected chi connectivity index (χ1v) is 6.93. The SMILES string of the molecule is Cc1cc(C(C)(C)C)cc(C)c1CN(C)C(C)C. The average molecular weight is 247 g/mol. The van der Waals surface area contributed by atoms with Gasteiger partial charge in [0.15, 0.2) is 0 Å². The Kier molecular flexibility index (Phi) is 4.61. The van der Waals surface area contributed by atoms with E-state index in [9.17, 15) is 0 Å². The Balaban J connectivity index is 3.10. The predicted molar refractivity (Wildman–Crippen MR) is 81.2 cm³/mol. The Labute approximate surface area is 113 Å². The molecule has 0 amide bonds. The Hall–Kier alpha value is -0.820. The van der Waals surface area contributed by atoms with Gasteiger partial charge in [-0.25, -0.2) is 0 Å². The fourth-order valence-electron chi connectivity index (χ4n) is 2.11. The van der Waals surface area contributed by atoms with Crippen LogP contribution in [0.1, 0.15) is 56.9 Å². The molecular weight excluding hydrogens is 218 g/mol. The van der Waals surface area contributed by atoms with Crippen molar-refractivity contribution in [2.45, 2.75) is 66.5 Å². The molecule has 0 heterocycles. The lowest BCUT2D eigenvalue weighted by Gasteiger charge is -2.26. The highest BCUT2D eigenvalue weighted by Gasteiger charge is 2.17. The van der Waals surface area contributed by atoms with Crippen molar-refractivity contribution in [1.29, 1.82) is 0 Å². The van der Waals surface area contributed by atoms with Crippen LogP contribution >= 0.6 is 0 Å². The van der Waals surface area contributed by atoms with Gasteiger partial charge in [-0.2, -0.15) is 0 Å². The Morgan fingerprint density at radius 3 is 1.83 bits per heavy atom. The van der Waals surface area contributed by atoms with Crippen LogP contribution in [0.5, 0.6) is 0 Å². The van der Waals surface area contributed by atoms with E-state index in [-0.39, 0.29) is 5.41 Å². The minimum absolute atomic E-state index is 0.234. The molecule has 0 aliphatic heterocycles. The largest absolute Gasteiger partial charge is 0.300 e. The van der Waals surface area contributed by atoms with Crippen molar-refractivity contribution in [1.82, 2.24) is 4.90 Å². The van der Waals surface area contributed by atoms with Gasteiger partial charge in [-0.05, 0) is 62.4 Å². The molecule has 1 aromatic rings. The molecule has 0 radical (unpaired) electrons. The van der Waals surface area contributed by atoms with Crippen LogP contribution in [-0.4, -0.2) is 18.0 Å². The van der Waals surface area contributed by atoms with Gasteiger partial charge in [-0.3, -0.25) is 4.90 Å². The summed E-state index contributed by atoms with van der Waals surface area (Å²) in [5, 5.41) is 0. The smallest absolute Gasteiger partial charge is 0.0238 e. The first-order valence-electron chi connectivity index (χ1n) is 6.93. The molecule has 0 fully saturated rings. The van der Waals surface area contributed by atoms with E-state index < -0.39 is 0 Å². The van der Waals surface area contributed by atoms with Gasteiger partial charge >= 0.3 is 0 Å². The van der Waals surface area contributed by atoms with Gasteiger partial charge in [0.1, 0.15) is 0 Å². The molecular formula is C17H29N. The van der Waals surface area contributed by atoms with Crippen LogP contribution in [0.4, 0.5) is 0 Å². The maximum Gasteiger partial charge on any atom is 0.0238 e. The van der Waals surface area contributed by atoms with Crippen LogP contribution in [0, 0.1) is 13.8 Å². The second-order valence-corrected chi connectivity index (χ2v) is 6.85. The van der Waals surface area contributed by atoms with E-state index in [2.05, 4.69) is 72.5 Å². The lowest BCUT2D eigenvalue weighted by Crippen LogP contribution is -2.26. The summed E-state index contributed by atoms with van der Waals surface area (Å²) >= 11 is 0. The van der Waals surface area contributed by atoms with Gasteiger partial charge in [0, 0.05) is 12.6 Å². The maximum absolute atomic E-state index is 2.39. The molecule has 0 aliphatic carbocycles. The highest BCUT2D eigenvalue weighted by Crippen LogP contribution is 2.27. The number of rotatable bonds is 3. The molecule has 1 rings (SSSR count). The third-order valence-electron chi connectivity index (χ3n) is 3.85. The Bertz CT molecular complexity index is 387. The summed E-state index contributed by atoms with van der Waals surface area (Å²) in [6.07, 6.45) is 0. The minimum atomic E-state index is 0.234. The standard InChI is InChI=1S/C17H29N/c1-12(2)18(8)11-16-13(3)9-15(10-14(16)4)17(5,6)7/h9-10,12H,11H2,1-8H3. The van der Waals surface area contributed by atoms with Gasteiger partial charge in [0.25, 0.3) is 0 Å². The molecule has 0 saturated heterocycles. The lowest BCUT2D eigenvalue weighted by molar-refractivity contribution is 0.265. The topological polar surface area (TPSA) is 3.24 Å². The Morgan fingerprint density at radius 2 is 1.50 bits per heavy atom. The Morgan fingerprint density at radius 1 is 1.06 bits per heavy atom. The van der Waals surface area contributed by atoms with Gasteiger partial charge in [-0.15, -0.1) is 0 Å². The molecule has 0 bridgehead atoms. The quantitative estimate of drug-likeness (QED) is 0.763. The van der Waals surface area contributed by atoms with E-state index in [0.717, 1.165) is 6.54 Å². The van der Waals surface area contributed by atoms with E-state index >= 15 is 0 Å². The van der Waals surface area contributed by atoms with E-state index in [4.69, 9.17) is 0 Å². The summed E-state index contributed by atoms with van der Waals surface area (Å²) in [6, 6.07) is 5.30. The van der Waals surface area contributed by atoms with Crippen molar-refractivity contribution >= 4 is 0 Å². The molecule has 1 heteroatoms. The summed E-state index contributed by atoms with van der Waals surface area (Å²) in [6.45, 7) is 16.9. The molecule has 0 spiro atoms. The average Bonchev–Trinajstić information content (AvgIpc) is 2.21. The molecule has 0 N–H and O–H groups in total. The molecule has 0 saturated carbocycles. The van der Waals surface area contributed by atoms with Crippen molar-refractivity contribution in [2.75, 3.05) is 7.05 Å². The van der Waals surface area contributed by atoms with Crippen LogP contribution in [0.25, 0.3) is 0 Å². The van der Waals surface area contributed by atoms with E-state index in [1.54, 1.807) is 0 Å². The molecule has 0 unspecified atom stereocenters. The van der Waals surface area contributed by atoms with Crippen LogP contribution in [0.15, 0.2) is 12.1 Å². The number of nitrogens with zero attached hydrogens (tertiary/aromatic N) is 1. The maximum atomic E-state index is 2.39. The zero-order valence-electron chi connectivity index (χ0n) is 13.4. The third-order valence-corrected chi connectivity index (χ3v) is 3.85.